The monoisotopic (exact) mass is 389 g/mol. The molecule has 0 amide bonds. The number of pyridine rings is 1. The van der Waals surface area contributed by atoms with Gasteiger partial charge in [-0.2, -0.15) is 0 Å². The fraction of sp³-hybridized carbons (Fsp3) is 0.476. The van der Waals surface area contributed by atoms with Crippen LogP contribution in [-0.4, -0.2) is 14.3 Å². The SMILES string of the molecule is CC(C)(C)[S+]([O-])N[C@H](C[C@H](c1ccc(F)c(N)c1)C1CC1)c1ccncc1. The van der Waals surface area contributed by atoms with Crippen molar-refractivity contribution in [3.05, 3.63) is 59.7 Å². The molecule has 1 unspecified atom stereocenters. The minimum atomic E-state index is -1.20. The zero-order chi connectivity index (χ0) is 19.6. The topological polar surface area (TPSA) is 74.0 Å². The van der Waals surface area contributed by atoms with E-state index in [0.717, 1.165) is 30.4 Å². The van der Waals surface area contributed by atoms with Gasteiger partial charge in [-0.05, 0) is 87.3 Å². The Balaban J connectivity index is 1.87. The molecule has 3 atom stereocenters. The van der Waals surface area contributed by atoms with Gasteiger partial charge in [0.2, 0.25) is 0 Å². The van der Waals surface area contributed by atoms with Crippen LogP contribution in [0.1, 0.15) is 63.1 Å². The van der Waals surface area contributed by atoms with Gasteiger partial charge in [0, 0.05) is 23.8 Å². The van der Waals surface area contributed by atoms with E-state index < -0.39 is 11.4 Å². The molecule has 146 valence electrons. The molecule has 1 aliphatic carbocycles. The Morgan fingerprint density at radius 1 is 1.22 bits per heavy atom. The molecule has 1 aromatic carbocycles. The number of anilines is 1. The Morgan fingerprint density at radius 3 is 2.44 bits per heavy atom. The highest BCUT2D eigenvalue weighted by molar-refractivity contribution is 7.90. The number of benzene rings is 1. The fourth-order valence-corrected chi connectivity index (χ4v) is 4.14. The Hall–Kier alpha value is -1.63. The third-order valence-electron chi connectivity index (χ3n) is 5.04. The lowest BCUT2D eigenvalue weighted by Gasteiger charge is -2.30. The summed E-state index contributed by atoms with van der Waals surface area (Å²) in [5.41, 5.74) is 8.11. The maximum absolute atomic E-state index is 13.6. The number of halogens is 1. The largest absolute Gasteiger partial charge is 0.598 e. The minimum Gasteiger partial charge on any atom is -0.598 e. The van der Waals surface area contributed by atoms with Gasteiger partial charge < -0.3 is 10.3 Å². The summed E-state index contributed by atoms with van der Waals surface area (Å²) < 4.78 is 29.4. The van der Waals surface area contributed by atoms with Gasteiger partial charge >= 0.3 is 0 Å². The van der Waals surface area contributed by atoms with Crippen molar-refractivity contribution in [2.75, 3.05) is 5.73 Å². The molecular formula is C21H28FN3OS. The lowest BCUT2D eigenvalue weighted by Crippen LogP contribution is -2.41. The first kappa shape index (κ1) is 20.1. The average Bonchev–Trinajstić information content (AvgIpc) is 3.46. The van der Waals surface area contributed by atoms with Crippen molar-refractivity contribution in [1.82, 2.24) is 9.71 Å². The molecule has 2 aromatic rings. The first-order valence-corrected chi connectivity index (χ1v) is 10.5. The predicted molar refractivity (Wildman–Crippen MR) is 109 cm³/mol. The number of hydrogen-bond donors (Lipinski definition) is 2. The molecule has 1 heterocycles. The third-order valence-corrected chi connectivity index (χ3v) is 6.65. The first-order valence-electron chi connectivity index (χ1n) is 9.38. The molecular weight excluding hydrogens is 361 g/mol. The summed E-state index contributed by atoms with van der Waals surface area (Å²) in [4.78, 5) is 4.10. The number of aromatic nitrogens is 1. The molecule has 4 nitrogen and oxygen atoms in total. The van der Waals surface area contributed by atoms with E-state index in [1.807, 2.05) is 39.0 Å². The summed E-state index contributed by atoms with van der Waals surface area (Å²) in [6.45, 7) is 5.87. The van der Waals surface area contributed by atoms with Gasteiger partial charge in [0.1, 0.15) is 10.6 Å². The van der Waals surface area contributed by atoms with Crippen LogP contribution in [0, 0.1) is 11.7 Å². The van der Waals surface area contributed by atoms with Gasteiger partial charge in [-0.15, -0.1) is 4.72 Å². The molecule has 3 rings (SSSR count). The Morgan fingerprint density at radius 2 is 1.89 bits per heavy atom. The molecule has 0 radical (unpaired) electrons. The van der Waals surface area contributed by atoms with E-state index >= 15 is 0 Å². The summed E-state index contributed by atoms with van der Waals surface area (Å²) in [5, 5.41) is 0. The van der Waals surface area contributed by atoms with Gasteiger partial charge in [-0.25, -0.2) is 4.39 Å². The molecule has 0 saturated heterocycles. The minimum absolute atomic E-state index is 0.0788. The van der Waals surface area contributed by atoms with Crippen LogP contribution in [0.15, 0.2) is 42.7 Å². The average molecular weight is 390 g/mol. The van der Waals surface area contributed by atoms with Crippen molar-refractivity contribution in [2.45, 2.75) is 56.7 Å². The van der Waals surface area contributed by atoms with E-state index in [4.69, 9.17) is 5.73 Å². The molecule has 0 bridgehead atoms. The van der Waals surface area contributed by atoms with Crippen LogP contribution in [0.2, 0.25) is 0 Å². The van der Waals surface area contributed by atoms with E-state index in [-0.39, 0.29) is 28.2 Å². The van der Waals surface area contributed by atoms with Gasteiger partial charge in [0.25, 0.3) is 0 Å². The van der Waals surface area contributed by atoms with Gasteiger partial charge in [-0.1, -0.05) is 6.07 Å². The van der Waals surface area contributed by atoms with Crippen LogP contribution >= 0.6 is 0 Å². The highest BCUT2D eigenvalue weighted by Crippen LogP contribution is 2.47. The standard InChI is InChI=1S/C21H28FN3OS/c1-21(2,3)27(26)25-20(15-8-10-24-11-9-15)13-17(14-4-5-14)16-6-7-18(22)19(23)12-16/h6-12,14,17,20,25H,4-5,13,23H2,1-3H3/t17-,20+,27?/m0/s1. The lowest BCUT2D eigenvalue weighted by molar-refractivity contribution is 0.457. The van der Waals surface area contributed by atoms with E-state index in [2.05, 4.69) is 9.71 Å². The zero-order valence-corrected chi connectivity index (χ0v) is 16.9. The van der Waals surface area contributed by atoms with Gasteiger partial charge in [-0.3, -0.25) is 4.98 Å². The number of nitrogen functional groups attached to an aromatic ring is 1. The smallest absolute Gasteiger partial charge is 0.146 e. The Bertz CT molecular complexity index is 762. The molecule has 0 spiro atoms. The van der Waals surface area contributed by atoms with E-state index in [9.17, 15) is 8.94 Å². The summed E-state index contributed by atoms with van der Waals surface area (Å²) in [6, 6.07) is 8.87. The molecule has 1 fully saturated rings. The number of hydrogen-bond acceptors (Lipinski definition) is 4. The second kappa shape index (κ2) is 8.17. The normalized spacial score (nSPS) is 18.1. The predicted octanol–water partition coefficient (Wildman–Crippen LogP) is 4.48. The summed E-state index contributed by atoms with van der Waals surface area (Å²) >= 11 is -1.20. The fourth-order valence-electron chi connectivity index (χ4n) is 3.30. The second-order valence-electron chi connectivity index (χ2n) is 8.29. The molecule has 0 aliphatic heterocycles. The van der Waals surface area contributed by atoms with Crippen LogP contribution in [0.3, 0.4) is 0 Å². The lowest BCUT2D eigenvalue weighted by atomic mass is 9.86. The van der Waals surface area contributed by atoms with E-state index in [1.165, 1.54) is 6.07 Å². The van der Waals surface area contributed by atoms with Crippen molar-refractivity contribution in [1.29, 1.82) is 0 Å². The van der Waals surface area contributed by atoms with Crippen molar-refractivity contribution in [3.8, 4) is 0 Å². The Kier molecular flexibility index (Phi) is 6.08. The van der Waals surface area contributed by atoms with Crippen molar-refractivity contribution >= 4 is 17.0 Å². The van der Waals surface area contributed by atoms with Gasteiger partial charge in [0.15, 0.2) is 0 Å². The number of rotatable bonds is 7. The molecule has 27 heavy (non-hydrogen) atoms. The second-order valence-corrected chi connectivity index (χ2v) is 10.3. The molecule has 6 heteroatoms. The highest BCUT2D eigenvalue weighted by atomic mass is 32.2. The number of nitrogens with one attached hydrogen (secondary N) is 1. The van der Waals surface area contributed by atoms with Crippen LogP contribution in [0.25, 0.3) is 0 Å². The van der Waals surface area contributed by atoms with Crippen molar-refractivity contribution in [3.63, 3.8) is 0 Å². The summed E-state index contributed by atoms with van der Waals surface area (Å²) in [6.07, 6.45) is 6.61. The van der Waals surface area contributed by atoms with Crippen LogP contribution in [0.5, 0.6) is 0 Å². The number of nitrogens with two attached hydrogens (primary N) is 1. The summed E-state index contributed by atoms with van der Waals surface area (Å²) in [5.74, 6) is 0.422. The van der Waals surface area contributed by atoms with Crippen LogP contribution in [-0.2, 0) is 11.4 Å². The zero-order valence-electron chi connectivity index (χ0n) is 16.1. The maximum atomic E-state index is 13.6. The van der Waals surface area contributed by atoms with E-state index in [0.29, 0.717) is 5.92 Å². The molecule has 1 saturated carbocycles. The van der Waals surface area contributed by atoms with Crippen molar-refractivity contribution < 1.29 is 8.94 Å². The van der Waals surface area contributed by atoms with E-state index in [1.54, 1.807) is 18.5 Å². The highest BCUT2D eigenvalue weighted by Gasteiger charge is 2.37. The molecule has 3 N–H and O–H groups in total. The first-order chi connectivity index (χ1) is 12.8. The Labute approximate surface area is 164 Å². The molecule has 1 aromatic heterocycles. The molecule has 1 aliphatic rings. The quantitative estimate of drug-likeness (QED) is 0.541. The summed E-state index contributed by atoms with van der Waals surface area (Å²) in [7, 11) is 0. The van der Waals surface area contributed by atoms with Crippen molar-refractivity contribution in [2.24, 2.45) is 5.92 Å². The third kappa shape index (κ3) is 5.21. The van der Waals surface area contributed by atoms with Crippen LogP contribution < -0.4 is 10.5 Å². The van der Waals surface area contributed by atoms with Crippen LogP contribution in [0.4, 0.5) is 10.1 Å². The van der Waals surface area contributed by atoms with Gasteiger partial charge in [0.05, 0.1) is 11.7 Å². The maximum Gasteiger partial charge on any atom is 0.146 e. The number of nitrogens with zero attached hydrogens (tertiary/aromatic N) is 1.